The van der Waals surface area contributed by atoms with Crippen molar-refractivity contribution in [3.05, 3.63) is 0 Å². The molecule has 1 N–H and O–H groups in total. The summed E-state index contributed by atoms with van der Waals surface area (Å²) in [5.74, 6) is 1.35. The highest BCUT2D eigenvalue weighted by molar-refractivity contribution is 5.85. The smallest absolute Gasteiger partial charge is 0.0690 e. The Morgan fingerprint density at radius 1 is 1.05 bits per heavy atom. The number of hydrogen-bond acceptors (Lipinski definition) is 2. The zero-order valence-corrected chi connectivity index (χ0v) is 13.6. The number of nitrogens with zero attached hydrogens (tertiary/aromatic N) is 1. The van der Waals surface area contributed by atoms with Gasteiger partial charge in [0.2, 0.25) is 0 Å². The van der Waals surface area contributed by atoms with Gasteiger partial charge in [-0.25, -0.2) is 0 Å². The van der Waals surface area contributed by atoms with Gasteiger partial charge < -0.3 is 10.0 Å². The highest BCUT2D eigenvalue weighted by Crippen LogP contribution is 2.42. The van der Waals surface area contributed by atoms with Gasteiger partial charge in [-0.15, -0.1) is 12.4 Å². The van der Waals surface area contributed by atoms with Crippen molar-refractivity contribution >= 4 is 12.4 Å². The van der Waals surface area contributed by atoms with Crippen LogP contribution in [0.3, 0.4) is 0 Å². The summed E-state index contributed by atoms with van der Waals surface area (Å²) in [5.41, 5.74) is -0.365. The minimum absolute atomic E-state index is 0. The van der Waals surface area contributed by atoms with Crippen molar-refractivity contribution in [2.24, 2.45) is 11.8 Å². The minimum atomic E-state index is -0.365. The van der Waals surface area contributed by atoms with Crippen molar-refractivity contribution in [2.45, 2.75) is 70.8 Å². The van der Waals surface area contributed by atoms with Crippen molar-refractivity contribution in [2.75, 3.05) is 19.6 Å². The van der Waals surface area contributed by atoms with Gasteiger partial charge in [0.15, 0.2) is 0 Å². The standard InChI is InChI=1S/C16H31NO.ClH/c1-3-5-9-16(18,10-6-4-2)15-13-17-11-7-14(15)8-12-17;/h14-15,18H,3-13H2,1-2H3;1H. The minimum Gasteiger partial charge on any atom is -0.390 e. The van der Waals surface area contributed by atoms with E-state index in [4.69, 9.17) is 0 Å². The highest BCUT2D eigenvalue weighted by atomic mass is 35.5. The van der Waals surface area contributed by atoms with Gasteiger partial charge in [-0.3, -0.25) is 0 Å². The van der Waals surface area contributed by atoms with Crippen LogP contribution in [-0.4, -0.2) is 35.2 Å². The molecule has 3 rings (SSSR count). The van der Waals surface area contributed by atoms with Gasteiger partial charge in [0, 0.05) is 12.5 Å². The van der Waals surface area contributed by atoms with E-state index in [9.17, 15) is 5.11 Å². The molecule has 1 atom stereocenters. The van der Waals surface area contributed by atoms with E-state index in [0.717, 1.165) is 25.3 Å². The second kappa shape index (κ2) is 7.85. The fraction of sp³-hybridized carbons (Fsp3) is 1.00. The van der Waals surface area contributed by atoms with E-state index in [-0.39, 0.29) is 18.0 Å². The van der Waals surface area contributed by atoms with Crippen LogP contribution in [0.1, 0.15) is 65.2 Å². The summed E-state index contributed by atoms with van der Waals surface area (Å²) < 4.78 is 0. The van der Waals surface area contributed by atoms with Crippen LogP contribution in [0.15, 0.2) is 0 Å². The Morgan fingerprint density at radius 2 is 1.58 bits per heavy atom. The molecule has 0 aliphatic carbocycles. The fourth-order valence-corrected chi connectivity index (χ4v) is 4.04. The molecule has 1 unspecified atom stereocenters. The fourth-order valence-electron chi connectivity index (χ4n) is 4.04. The van der Waals surface area contributed by atoms with Crippen molar-refractivity contribution in [3.63, 3.8) is 0 Å². The molecule has 3 heterocycles. The zero-order valence-electron chi connectivity index (χ0n) is 12.7. The molecule has 0 aromatic carbocycles. The molecule has 19 heavy (non-hydrogen) atoms. The van der Waals surface area contributed by atoms with Crippen LogP contribution < -0.4 is 0 Å². The molecule has 2 nitrogen and oxygen atoms in total. The number of piperidine rings is 3. The van der Waals surface area contributed by atoms with Crippen molar-refractivity contribution < 1.29 is 5.11 Å². The van der Waals surface area contributed by atoms with Gasteiger partial charge in [-0.1, -0.05) is 39.5 Å². The van der Waals surface area contributed by atoms with Crippen LogP contribution in [0.5, 0.6) is 0 Å². The van der Waals surface area contributed by atoms with E-state index in [1.807, 2.05) is 0 Å². The first-order valence-corrected chi connectivity index (χ1v) is 8.14. The molecule has 0 amide bonds. The molecule has 3 fully saturated rings. The third-order valence-corrected chi connectivity index (χ3v) is 5.27. The molecule has 0 aromatic heterocycles. The Hall–Kier alpha value is 0.210. The van der Waals surface area contributed by atoms with Crippen molar-refractivity contribution in [3.8, 4) is 0 Å². The van der Waals surface area contributed by atoms with E-state index in [1.54, 1.807) is 0 Å². The van der Waals surface area contributed by atoms with Crippen LogP contribution in [-0.2, 0) is 0 Å². The average molecular weight is 290 g/mol. The Bertz CT molecular complexity index is 243. The van der Waals surface area contributed by atoms with Crippen molar-refractivity contribution in [1.29, 1.82) is 0 Å². The summed E-state index contributed by atoms with van der Waals surface area (Å²) in [5, 5.41) is 11.2. The number of fused-ring (bicyclic) bond motifs is 3. The van der Waals surface area contributed by atoms with E-state index in [2.05, 4.69) is 18.7 Å². The number of unbranched alkanes of at least 4 members (excludes halogenated alkanes) is 2. The molecule has 2 bridgehead atoms. The Labute approximate surface area is 125 Å². The monoisotopic (exact) mass is 289 g/mol. The molecule has 0 saturated carbocycles. The van der Waals surface area contributed by atoms with Crippen LogP contribution in [0.25, 0.3) is 0 Å². The SMILES string of the molecule is CCCCC(O)(CCCC)C1CN2CCC1CC2.Cl. The van der Waals surface area contributed by atoms with Gasteiger partial charge in [0.1, 0.15) is 0 Å². The van der Waals surface area contributed by atoms with Crippen molar-refractivity contribution in [1.82, 2.24) is 4.90 Å². The third kappa shape index (κ3) is 4.09. The van der Waals surface area contributed by atoms with Gasteiger partial charge in [-0.2, -0.15) is 0 Å². The maximum Gasteiger partial charge on any atom is 0.0690 e. The molecule has 3 heteroatoms. The highest BCUT2D eigenvalue weighted by Gasteiger charge is 2.45. The Balaban J connectivity index is 0.00000180. The quantitative estimate of drug-likeness (QED) is 0.769. The van der Waals surface area contributed by atoms with Gasteiger partial charge >= 0.3 is 0 Å². The summed E-state index contributed by atoms with van der Waals surface area (Å²) >= 11 is 0. The van der Waals surface area contributed by atoms with Gasteiger partial charge in [0.05, 0.1) is 5.60 Å². The molecule has 3 saturated heterocycles. The summed E-state index contributed by atoms with van der Waals surface area (Å²) in [6.45, 7) is 8.18. The first kappa shape index (κ1) is 17.3. The largest absolute Gasteiger partial charge is 0.390 e. The first-order valence-electron chi connectivity index (χ1n) is 8.14. The van der Waals surface area contributed by atoms with Crippen LogP contribution in [0.4, 0.5) is 0 Å². The summed E-state index contributed by atoms with van der Waals surface area (Å²) in [6, 6.07) is 0. The lowest BCUT2D eigenvalue weighted by atomic mass is 9.67. The maximum atomic E-state index is 11.2. The van der Waals surface area contributed by atoms with E-state index in [1.165, 1.54) is 51.6 Å². The number of rotatable bonds is 7. The lowest BCUT2D eigenvalue weighted by Crippen LogP contribution is -2.56. The first-order chi connectivity index (χ1) is 8.69. The van der Waals surface area contributed by atoms with E-state index >= 15 is 0 Å². The van der Waals surface area contributed by atoms with Crippen LogP contribution in [0, 0.1) is 11.8 Å². The van der Waals surface area contributed by atoms with Gasteiger partial charge in [-0.05, 0) is 44.7 Å². The molecular formula is C16H32ClNO. The second-order valence-electron chi connectivity index (χ2n) is 6.56. The number of aliphatic hydroxyl groups is 1. The lowest BCUT2D eigenvalue weighted by molar-refractivity contribution is -0.107. The summed E-state index contributed by atoms with van der Waals surface area (Å²) in [4.78, 5) is 2.58. The average Bonchev–Trinajstić information content (AvgIpc) is 2.44. The molecule has 0 spiro atoms. The number of halogens is 1. The Kier molecular flexibility index (Phi) is 7.13. The molecule has 0 aromatic rings. The molecule has 3 aliphatic rings. The van der Waals surface area contributed by atoms with Gasteiger partial charge in [0.25, 0.3) is 0 Å². The summed E-state index contributed by atoms with van der Waals surface area (Å²) in [7, 11) is 0. The molecule has 0 radical (unpaired) electrons. The normalized spacial score (nSPS) is 30.2. The van der Waals surface area contributed by atoms with Crippen LogP contribution in [0.2, 0.25) is 0 Å². The Morgan fingerprint density at radius 3 is 1.95 bits per heavy atom. The molecule has 3 aliphatic heterocycles. The summed E-state index contributed by atoms with van der Waals surface area (Å²) in [6.07, 6.45) is 9.48. The zero-order chi connectivity index (χ0) is 13.0. The predicted octanol–water partition coefficient (Wildman–Crippen LogP) is 3.86. The molecular weight excluding hydrogens is 258 g/mol. The van der Waals surface area contributed by atoms with E-state index in [0.29, 0.717) is 5.92 Å². The number of hydrogen-bond donors (Lipinski definition) is 1. The third-order valence-electron chi connectivity index (χ3n) is 5.27. The second-order valence-corrected chi connectivity index (χ2v) is 6.56. The maximum absolute atomic E-state index is 11.2. The van der Waals surface area contributed by atoms with Crippen LogP contribution >= 0.6 is 12.4 Å². The predicted molar refractivity (Wildman–Crippen MR) is 83.9 cm³/mol. The topological polar surface area (TPSA) is 23.5 Å². The van der Waals surface area contributed by atoms with E-state index < -0.39 is 0 Å². The lowest BCUT2D eigenvalue weighted by Gasteiger charge is -2.51. The molecule has 114 valence electrons.